The monoisotopic (exact) mass is 610 g/mol. The molecule has 0 aliphatic carbocycles. The SMILES string of the molecule is S=P(c1ccccc1)(c1ccccc1)c1ccc2ccc(-c3ccc4c5ccccc5n5c6ccccc6nc5c4c3)cc2c1. The first kappa shape index (κ1) is 26.3. The van der Waals surface area contributed by atoms with Gasteiger partial charge >= 0.3 is 0 Å². The third-order valence-corrected chi connectivity index (χ3v) is 14.0. The molecule has 0 radical (unpaired) electrons. The van der Waals surface area contributed by atoms with Gasteiger partial charge in [-0.25, -0.2) is 4.98 Å². The highest BCUT2D eigenvalue weighted by Crippen LogP contribution is 2.43. The molecule has 2 aromatic heterocycles. The van der Waals surface area contributed by atoms with Crippen LogP contribution >= 0.6 is 6.04 Å². The topological polar surface area (TPSA) is 17.3 Å². The molecule has 0 aliphatic heterocycles. The van der Waals surface area contributed by atoms with Crippen LogP contribution in [0.5, 0.6) is 0 Å². The summed E-state index contributed by atoms with van der Waals surface area (Å²) < 4.78 is 2.31. The molecular formula is C41H27N2PS. The second-order valence-electron chi connectivity index (χ2n) is 11.6. The van der Waals surface area contributed by atoms with E-state index in [1.165, 1.54) is 54.1 Å². The molecule has 0 saturated carbocycles. The Labute approximate surface area is 266 Å². The molecule has 0 atom stereocenters. The fourth-order valence-electron chi connectivity index (χ4n) is 6.82. The largest absolute Gasteiger partial charge is 0.292 e. The van der Waals surface area contributed by atoms with E-state index in [0.717, 1.165) is 22.1 Å². The van der Waals surface area contributed by atoms with Crippen molar-refractivity contribution < 1.29 is 0 Å². The highest BCUT2D eigenvalue weighted by atomic mass is 32.4. The standard InChI is InChI=1S/C41H27N2PS/c45-44(32-11-3-1-4-12-32,33-13-5-2-6-14-33)34-23-21-28-19-20-29(25-31(28)26-34)30-22-24-35-36-15-7-9-17-39(36)43-40-18-10-8-16-38(40)42-41(43)37(35)27-30/h1-27H. The first-order valence-corrected chi connectivity index (χ1v) is 18.0. The normalized spacial score (nSPS) is 12.1. The molecule has 7 aromatic carbocycles. The summed E-state index contributed by atoms with van der Waals surface area (Å²) in [5.41, 5.74) is 6.64. The fraction of sp³-hybridized carbons (Fsp3) is 0. The summed E-state index contributed by atoms with van der Waals surface area (Å²) >= 11 is 6.66. The van der Waals surface area contributed by atoms with Crippen LogP contribution in [0.25, 0.3) is 60.3 Å². The maximum atomic E-state index is 6.66. The van der Waals surface area contributed by atoms with Gasteiger partial charge in [0, 0.05) is 16.8 Å². The summed E-state index contributed by atoms with van der Waals surface area (Å²) in [4.78, 5) is 5.13. The van der Waals surface area contributed by atoms with E-state index in [9.17, 15) is 0 Å². The molecule has 4 heteroatoms. The molecule has 45 heavy (non-hydrogen) atoms. The van der Waals surface area contributed by atoms with Crippen LogP contribution in [-0.4, -0.2) is 9.38 Å². The number of benzene rings is 7. The van der Waals surface area contributed by atoms with Gasteiger partial charge in [-0.1, -0.05) is 139 Å². The van der Waals surface area contributed by atoms with Gasteiger partial charge in [0.1, 0.15) is 5.65 Å². The van der Waals surface area contributed by atoms with Crippen molar-refractivity contribution in [3.63, 3.8) is 0 Å². The summed E-state index contributed by atoms with van der Waals surface area (Å²) in [6.45, 7) is 0. The van der Waals surface area contributed by atoms with E-state index in [1.54, 1.807) is 0 Å². The van der Waals surface area contributed by atoms with Crippen LogP contribution in [-0.2, 0) is 11.8 Å². The maximum Gasteiger partial charge on any atom is 0.146 e. The van der Waals surface area contributed by atoms with Crippen LogP contribution in [0.15, 0.2) is 164 Å². The Kier molecular flexibility index (Phi) is 5.99. The van der Waals surface area contributed by atoms with Crippen LogP contribution in [0.4, 0.5) is 0 Å². The van der Waals surface area contributed by atoms with Gasteiger partial charge in [0.05, 0.1) is 16.6 Å². The number of hydrogen-bond acceptors (Lipinski definition) is 2. The van der Waals surface area contributed by atoms with Gasteiger partial charge < -0.3 is 0 Å². The van der Waals surface area contributed by atoms with Gasteiger partial charge in [0.15, 0.2) is 0 Å². The van der Waals surface area contributed by atoms with Crippen molar-refractivity contribution in [2.45, 2.75) is 0 Å². The van der Waals surface area contributed by atoms with Crippen LogP contribution in [0.1, 0.15) is 0 Å². The molecule has 0 amide bonds. The van der Waals surface area contributed by atoms with Gasteiger partial charge in [0.25, 0.3) is 0 Å². The van der Waals surface area contributed by atoms with E-state index in [-0.39, 0.29) is 0 Å². The molecule has 0 bridgehead atoms. The van der Waals surface area contributed by atoms with Crippen LogP contribution in [0, 0.1) is 0 Å². The minimum absolute atomic E-state index is 0.987. The Balaban J connectivity index is 1.25. The second kappa shape index (κ2) is 10.2. The molecule has 0 spiro atoms. The lowest BCUT2D eigenvalue weighted by Gasteiger charge is -2.24. The lowest BCUT2D eigenvalue weighted by atomic mass is 9.97. The molecule has 2 nitrogen and oxygen atoms in total. The van der Waals surface area contributed by atoms with Crippen LogP contribution < -0.4 is 15.9 Å². The summed E-state index contributed by atoms with van der Waals surface area (Å²) in [6.07, 6.45) is 0. The Morgan fingerprint density at radius 1 is 0.444 bits per heavy atom. The summed E-state index contributed by atoms with van der Waals surface area (Å²) in [5, 5.41) is 9.62. The van der Waals surface area contributed by atoms with E-state index < -0.39 is 6.04 Å². The van der Waals surface area contributed by atoms with Crippen molar-refractivity contribution in [1.29, 1.82) is 0 Å². The average molecular weight is 611 g/mol. The van der Waals surface area contributed by atoms with E-state index in [0.29, 0.717) is 0 Å². The van der Waals surface area contributed by atoms with Gasteiger partial charge in [-0.15, -0.1) is 0 Å². The number of aromatic nitrogens is 2. The fourth-order valence-corrected chi connectivity index (χ4v) is 10.6. The Bertz CT molecular complexity index is 2580. The van der Waals surface area contributed by atoms with Crippen LogP contribution in [0.2, 0.25) is 0 Å². The van der Waals surface area contributed by atoms with E-state index >= 15 is 0 Å². The van der Waals surface area contributed by atoms with Gasteiger partial charge in [0.2, 0.25) is 0 Å². The van der Waals surface area contributed by atoms with E-state index in [4.69, 9.17) is 16.8 Å². The van der Waals surface area contributed by atoms with Crippen molar-refractivity contribution in [2.24, 2.45) is 0 Å². The molecule has 9 rings (SSSR count). The Morgan fingerprint density at radius 2 is 1.07 bits per heavy atom. The smallest absolute Gasteiger partial charge is 0.146 e. The van der Waals surface area contributed by atoms with Crippen molar-refractivity contribution in [1.82, 2.24) is 9.38 Å². The third-order valence-electron chi connectivity index (χ3n) is 9.02. The van der Waals surface area contributed by atoms with Gasteiger partial charge in [-0.2, -0.15) is 0 Å². The first-order valence-electron chi connectivity index (χ1n) is 15.2. The summed E-state index contributed by atoms with van der Waals surface area (Å²) in [7, 11) is 0. The highest BCUT2D eigenvalue weighted by molar-refractivity contribution is 8.25. The minimum atomic E-state index is -2.24. The van der Waals surface area contributed by atoms with Crippen molar-refractivity contribution in [3.8, 4) is 11.1 Å². The van der Waals surface area contributed by atoms with Crippen molar-refractivity contribution in [3.05, 3.63) is 164 Å². The minimum Gasteiger partial charge on any atom is -0.292 e. The number of rotatable bonds is 4. The van der Waals surface area contributed by atoms with Gasteiger partial charge in [-0.05, 0) is 79.6 Å². The molecule has 212 valence electrons. The summed E-state index contributed by atoms with van der Waals surface area (Å²) in [6, 6.07) is 56.5. The average Bonchev–Trinajstić information content (AvgIpc) is 3.52. The predicted octanol–water partition coefficient (Wildman–Crippen LogP) is 9.37. The zero-order valence-electron chi connectivity index (χ0n) is 24.3. The van der Waals surface area contributed by atoms with E-state index in [2.05, 4.69) is 168 Å². The number of pyridine rings is 1. The molecule has 0 fully saturated rings. The lowest BCUT2D eigenvalue weighted by Crippen LogP contribution is -2.24. The first-order chi connectivity index (χ1) is 22.2. The molecule has 0 unspecified atom stereocenters. The van der Waals surface area contributed by atoms with Gasteiger partial charge in [-0.3, -0.25) is 4.40 Å². The Morgan fingerprint density at radius 3 is 1.84 bits per heavy atom. The third kappa shape index (κ3) is 4.09. The second-order valence-corrected chi connectivity index (χ2v) is 16.0. The number of fused-ring (bicyclic) bond motifs is 9. The molecule has 0 aliphatic rings. The molecular weight excluding hydrogens is 584 g/mol. The van der Waals surface area contributed by atoms with Crippen molar-refractivity contribution in [2.75, 3.05) is 0 Å². The molecule has 2 heterocycles. The number of hydrogen-bond donors (Lipinski definition) is 0. The van der Waals surface area contributed by atoms with Crippen molar-refractivity contribution >= 4 is 82.9 Å². The van der Waals surface area contributed by atoms with E-state index in [1.807, 2.05) is 0 Å². The summed E-state index contributed by atoms with van der Waals surface area (Å²) in [5.74, 6) is 0. The molecule has 9 aromatic rings. The number of nitrogens with zero attached hydrogens (tertiary/aromatic N) is 2. The predicted molar refractivity (Wildman–Crippen MR) is 197 cm³/mol. The molecule has 0 N–H and O–H groups in total. The number of imidazole rings is 1. The zero-order chi connectivity index (χ0) is 30.0. The lowest BCUT2D eigenvalue weighted by molar-refractivity contribution is 1.31. The zero-order valence-corrected chi connectivity index (χ0v) is 26.0. The highest BCUT2D eigenvalue weighted by Gasteiger charge is 2.25. The number of para-hydroxylation sites is 3. The Hall–Kier alpha value is -5.08. The molecule has 0 saturated heterocycles. The van der Waals surface area contributed by atoms with Crippen LogP contribution in [0.3, 0.4) is 0 Å². The quantitative estimate of drug-likeness (QED) is 0.146. The maximum absolute atomic E-state index is 6.66.